The van der Waals surface area contributed by atoms with Crippen molar-refractivity contribution in [3.05, 3.63) is 316 Å². The van der Waals surface area contributed by atoms with Gasteiger partial charge in [0, 0.05) is 112 Å². The largest absolute Gasteiger partial charge is 0.390 e. The number of aliphatic hydroxyl groups excluding tert-OH is 2. The van der Waals surface area contributed by atoms with Crippen LogP contribution >= 0.6 is 31.9 Å². The first-order chi connectivity index (χ1) is 49.0. The SMILES string of the molecule is C1=CCN(c2ccn(Cc3ccccc3)n2)CCC1.C=CCBr.C=CCCCBr.C=CCCCN(CC=C)c1ccn(Cc2ccccc2)n1.C=CCNc1ccn(Cc2ccccc2)n1.Nc1ccn(Cc2ccccc2)n1.O[C@@H]1CN(c2ccn(Cc3ccccc3)n2)CCC[C@@H]1O. The number of aromatic nitrogens is 10. The summed E-state index contributed by atoms with van der Waals surface area (Å²) < 4.78 is 9.64. The monoisotopic (exact) mass is 1480 g/mol. The summed E-state index contributed by atoms with van der Waals surface area (Å²) in [6, 6.07) is 61.4. The number of unbranched alkanes of at least 4 members (excludes halogenated alkanes) is 2. The number of anilines is 5. The fraction of sp³-hybridized carbons (Fsp3) is 0.296. The van der Waals surface area contributed by atoms with Crippen molar-refractivity contribution in [1.82, 2.24) is 48.9 Å². The summed E-state index contributed by atoms with van der Waals surface area (Å²) in [5.74, 6) is 4.41. The zero-order valence-electron chi connectivity index (χ0n) is 58.0. The van der Waals surface area contributed by atoms with Crippen LogP contribution in [0.15, 0.2) is 288 Å². The molecule has 0 aliphatic carbocycles. The summed E-state index contributed by atoms with van der Waals surface area (Å²) >= 11 is 6.43. The van der Waals surface area contributed by atoms with E-state index in [0.29, 0.717) is 18.8 Å². The van der Waals surface area contributed by atoms with E-state index >= 15 is 0 Å². The number of aliphatic hydroxyl groups is 2. The molecule has 0 bridgehead atoms. The summed E-state index contributed by atoms with van der Waals surface area (Å²) in [5.41, 5.74) is 11.7. The molecule has 0 radical (unpaired) electrons. The van der Waals surface area contributed by atoms with Crippen LogP contribution in [0.25, 0.3) is 0 Å². The molecule has 0 unspecified atom stereocenters. The Morgan fingerprint density at radius 2 is 0.930 bits per heavy atom. The third kappa shape index (κ3) is 31.6. The Morgan fingerprint density at radius 1 is 0.480 bits per heavy atom. The average molecular weight is 1480 g/mol. The Morgan fingerprint density at radius 3 is 1.39 bits per heavy atom. The lowest BCUT2D eigenvalue weighted by atomic mass is 10.1. The maximum atomic E-state index is 9.91. The van der Waals surface area contributed by atoms with Crippen LogP contribution in [0.4, 0.5) is 29.1 Å². The third-order valence-electron chi connectivity index (χ3n) is 15.4. The van der Waals surface area contributed by atoms with Crippen LogP contribution in [0.5, 0.6) is 0 Å². The van der Waals surface area contributed by atoms with E-state index in [2.05, 4.69) is 221 Å². The summed E-state index contributed by atoms with van der Waals surface area (Å²) in [6.07, 6.45) is 30.9. The van der Waals surface area contributed by atoms with Crippen molar-refractivity contribution in [3.63, 3.8) is 0 Å². The molecule has 12 rings (SSSR count). The highest BCUT2D eigenvalue weighted by atomic mass is 79.9. The summed E-state index contributed by atoms with van der Waals surface area (Å²) in [6.45, 7) is 28.1. The van der Waals surface area contributed by atoms with Crippen molar-refractivity contribution in [2.45, 2.75) is 96.3 Å². The topological polar surface area (TPSA) is 177 Å². The smallest absolute Gasteiger partial charge is 0.150 e. The maximum absolute atomic E-state index is 9.91. The first-order valence-corrected chi connectivity index (χ1v) is 36.6. The van der Waals surface area contributed by atoms with Gasteiger partial charge in [-0.3, -0.25) is 23.4 Å². The van der Waals surface area contributed by atoms with Gasteiger partial charge in [0.25, 0.3) is 0 Å². The highest BCUT2D eigenvalue weighted by molar-refractivity contribution is 9.09. The number of alkyl halides is 2. The van der Waals surface area contributed by atoms with Crippen LogP contribution in [-0.4, -0.2) is 128 Å². The molecule has 2 atom stereocenters. The minimum Gasteiger partial charge on any atom is -0.390 e. The molecule has 528 valence electrons. The molecule has 7 heterocycles. The third-order valence-corrected chi connectivity index (χ3v) is 16.4. The molecule has 17 nitrogen and oxygen atoms in total. The van der Waals surface area contributed by atoms with Crippen molar-refractivity contribution < 1.29 is 10.2 Å². The first kappa shape index (κ1) is 79.5. The molecule has 100 heavy (non-hydrogen) atoms. The van der Waals surface area contributed by atoms with E-state index < -0.39 is 12.2 Å². The number of nitrogens with two attached hydrogens (primary N) is 1. The van der Waals surface area contributed by atoms with Crippen molar-refractivity contribution in [3.8, 4) is 0 Å². The van der Waals surface area contributed by atoms with Crippen molar-refractivity contribution >= 4 is 60.9 Å². The van der Waals surface area contributed by atoms with Gasteiger partial charge in [-0.25, -0.2) is 0 Å². The molecule has 5 N–H and O–H groups in total. The van der Waals surface area contributed by atoms with Crippen LogP contribution in [0.3, 0.4) is 0 Å². The summed E-state index contributed by atoms with van der Waals surface area (Å²) in [4.78, 5) is 6.63. The van der Waals surface area contributed by atoms with Crippen LogP contribution in [-0.2, 0) is 32.7 Å². The summed E-state index contributed by atoms with van der Waals surface area (Å²) in [7, 11) is 0. The minimum atomic E-state index is -0.702. The number of nitrogen functional groups attached to an aromatic ring is 1. The number of hydrogen-bond acceptors (Lipinski definition) is 12. The highest BCUT2D eigenvalue weighted by Crippen LogP contribution is 2.20. The minimum absolute atomic E-state index is 0.434. The number of benzene rings is 5. The first-order valence-electron chi connectivity index (χ1n) is 34.3. The van der Waals surface area contributed by atoms with Gasteiger partial charge in [0.05, 0.1) is 44.9 Å². The number of hydrogen-bond donors (Lipinski definition) is 4. The zero-order chi connectivity index (χ0) is 71.0. The van der Waals surface area contributed by atoms with Gasteiger partial charge in [-0.05, 0) is 85.3 Å². The Balaban J connectivity index is 0.000000191. The lowest BCUT2D eigenvalue weighted by Gasteiger charge is -2.22. The molecule has 5 aromatic heterocycles. The Labute approximate surface area is 610 Å². The number of halogens is 2. The van der Waals surface area contributed by atoms with Gasteiger partial charge in [-0.15, -0.1) is 32.9 Å². The summed E-state index contributed by atoms with van der Waals surface area (Å²) in [5, 5.41) is 47.2. The van der Waals surface area contributed by atoms with E-state index in [-0.39, 0.29) is 0 Å². The molecule has 19 heteroatoms. The van der Waals surface area contributed by atoms with Gasteiger partial charge in [-0.2, -0.15) is 25.5 Å². The lowest BCUT2D eigenvalue weighted by Crippen LogP contribution is -2.36. The molecular weight excluding hydrogens is 1370 g/mol. The standard InChI is InChI=1S/C18H23N3.C16H21N3O2.C16H19N3.C13H15N3.C10H11N3.C5H9Br.C3H5Br/c1-3-5-9-14-20(13-4-2)18-12-15-21(19-18)16-17-10-7-6-8-11-17;20-14-7-4-9-18(12-15(14)21)16-8-10-19(17-16)11-13-5-2-1-3-6-13;1-2-7-12-18(11-6-1)16-10-13-19(17-16)14-15-8-4-3-5-9-15;1-2-9-14-13-8-10-16(15-13)11-12-6-4-3-5-7-12;11-10-6-7-13(12-10)8-9-4-2-1-3-5-9;1-2-3-4-5-6;1-2-3-4/h3-4,6-8,10-12,15H,1-2,5,9,13-14,16H2;1-3,5-6,8,10,14-15,20-21H,4,7,9,11-12H2;1,3-6,8-10,13H,2,7,11-12,14H2;2-8,10H,1,9,11H2,(H,14,15);1-7H,8H2,(H2,11,12);2H,1,3-5H2;2H,1,3H2/t;14-,15+;;;;;/m.0...../s1. The maximum Gasteiger partial charge on any atom is 0.150 e. The second-order valence-corrected chi connectivity index (χ2v) is 25.0. The average Bonchev–Trinajstić information content (AvgIpc) is 1.74. The molecule has 2 aliphatic heterocycles. The van der Waals surface area contributed by atoms with Gasteiger partial charge in [-0.1, -0.05) is 226 Å². The Kier molecular flexibility index (Phi) is 38.3. The molecule has 0 saturated carbocycles. The molecule has 5 aromatic carbocycles. The number of allylic oxidation sites excluding steroid dienone is 4. The van der Waals surface area contributed by atoms with Crippen LogP contribution < -0.4 is 25.8 Å². The predicted molar refractivity (Wildman–Crippen MR) is 425 cm³/mol. The molecule has 0 amide bonds. The lowest BCUT2D eigenvalue weighted by molar-refractivity contribution is 0.0249. The second-order valence-electron chi connectivity index (χ2n) is 23.6. The van der Waals surface area contributed by atoms with E-state index in [1.807, 2.05) is 156 Å². The van der Waals surface area contributed by atoms with Crippen LogP contribution in [0.2, 0.25) is 0 Å². The fourth-order valence-corrected chi connectivity index (χ4v) is 10.6. The number of rotatable bonds is 26. The Hall–Kier alpha value is -9.53. The van der Waals surface area contributed by atoms with Crippen molar-refractivity contribution in [2.24, 2.45) is 0 Å². The Bertz CT molecular complexity index is 3790. The van der Waals surface area contributed by atoms with E-state index in [4.69, 9.17) is 5.73 Å². The quantitative estimate of drug-likeness (QED) is 0.0230. The van der Waals surface area contributed by atoms with Gasteiger partial charge in [0.15, 0.2) is 17.5 Å². The van der Waals surface area contributed by atoms with E-state index in [9.17, 15) is 10.2 Å². The number of nitrogens with one attached hydrogen (secondary N) is 1. The number of β-amino-alcohol motifs (C(OH)–C–C–N with tert-alkyl or cyclic N) is 1. The van der Waals surface area contributed by atoms with E-state index in [1.165, 1.54) is 47.1 Å². The molecule has 2 aliphatic rings. The molecule has 0 spiro atoms. The fourth-order valence-electron chi connectivity index (χ4n) is 10.3. The predicted octanol–water partition coefficient (Wildman–Crippen LogP) is 16.2. The number of nitrogens with zero attached hydrogens (tertiary/aromatic N) is 13. The normalized spacial score (nSPS) is 13.6. The van der Waals surface area contributed by atoms with Crippen molar-refractivity contribution in [1.29, 1.82) is 0 Å². The molecule has 10 aromatic rings. The van der Waals surface area contributed by atoms with Crippen LogP contribution in [0.1, 0.15) is 79.2 Å². The van der Waals surface area contributed by atoms with Gasteiger partial charge >= 0.3 is 0 Å². The van der Waals surface area contributed by atoms with E-state index in [0.717, 1.165) is 132 Å². The van der Waals surface area contributed by atoms with Gasteiger partial charge < -0.3 is 36.0 Å². The molecular formula is C81H103Br2N15O2. The highest BCUT2D eigenvalue weighted by Gasteiger charge is 2.25. The van der Waals surface area contributed by atoms with Gasteiger partial charge in [0.1, 0.15) is 11.6 Å². The molecule has 1 saturated heterocycles. The van der Waals surface area contributed by atoms with Gasteiger partial charge in [0.2, 0.25) is 0 Å². The van der Waals surface area contributed by atoms with Crippen LogP contribution in [0, 0.1) is 0 Å². The van der Waals surface area contributed by atoms with Crippen molar-refractivity contribution in [2.75, 3.05) is 82.2 Å². The van der Waals surface area contributed by atoms with E-state index in [1.54, 1.807) is 12.1 Å². The second kappa shape index (κ2) is 48.3. The molecule has 1 fully saturated rings. The zero-order valence-corrected chi connectivity index (χ0v) is 61.2.